The predicted octanol–water partition coefficient (Wildman–Crippen LogP) is 3.30. The molecular formula is C14H25F3N2O2. The van der Waals surface area contributed by atoms with Crippen molar-refractivity contribution >= 4 is 6.09 Å². The van der Waals surface area contributed by atoms with Gasteiger partial charge in [-0.1, -0.05) is 0 Å². The highest BCUT2D eigenvalue weighted by Gasteiger charge is 2.33. The van der Waals surface area contributed by atoms with Crippen molar-refractivity contribution in [2.75, 3.05) is 13.1 Å². The van der Waals surface area contributed by atoms with Crippen molar-refractivity contribution < 1.29 is 22.7 Å². The first kappa shape index (κ1) is 18.1. The molecule has 2 unspecified atom stereocenters. The van der Waals surface area contributed by atoms with Gasteiger partial charge in [0.05, 0.1) is 0 Å². The van der Waals surface area contributed by atoms with E-state index in [0.717, 1.165) is 0 Å². The highest BCUT2D eigenvalue weighted by Crippen LogP contribution is 2.26. The topological polar surface area (TPSA) is 55.6 Å². The van der Waals surface area contributed by atoms with Crippen LogP contribution < -0.4 is 5.73 Å². The van der Waals surface area contributed by atoms with Crippen molar-refractivity contribution in [3.05, 3.63) is 0 Å². The van der Waals surface area contributed by atoms with E-state index in [1.165, 1.54) is 0 Å². The van der Waals surface area contributed by atoms with Gasteiger partial charge in [0.1, 0.15) is 5.60 Å². The van der Waals surface area contributed by atoms with E-state index >= 15 is 0 Å². The third-order valence-corrected chi connectivity index (χ3v) is 3.48. The van der Waals surface area contributed by atoms with Gasteiger partial charge >= 0.3 is 12.3 Å². The van der Waals surface area contributed by atoms with Crippen LogP contribution in [0.4, 0.5) is 18.0 Å². The van der Waals surface area contributed by atoms with Crippen LogP contribution in [0, 0.1) is 5.92 Å². The first-order chi connectivity index (χ1) is 9.48. The van der Waals surface area contributed by atoms with Gasteiger partial charge in [0, 0.05) is 25.6 Å². The number of carbonyl (C=O) groups excluding carboxylic acids is 1. The lowest BCUT2D eigenvalue weighted by Crippen LogP contribution is -2.37. The fraction of sp³-hybridized carbons (Fsp3) is 0.929. The molecule has 124 valence electrons. The lowest BCUT2D eigenvalue weighted by Gasteiger charge is -2.25. The number of nitrogens with zero attached hydrogens (tertiary/aromatic N) is 1. The first-order valence-electron chi connectivity index (χ1n) is 7.28. The molecule has 0 aromatic carbocycles. The molecule has 1 fully saturated rings. The fourth-order valence-electron chi connectivity index (χ4n) is 2.40. The number of hydrogen-bond donors (Lipinski definition) is 1. The summed E-state index contributed by atoms with van der Waals surface area (Å²) in [6.45, 7) is 6.39. The zero-order chi connectivity index (χ0) is 16.3. The molecule has 0 aromatic rings. The average molecular weight is 310 g/mol. The van der Waals surface area contributed by atoms with E-state index in [9.17, 15) is 18.0 Å². The Morgan fingerprint density at radius 3 is 2.52 bits per heavy atom. The molecule has 1 heterocycles. The summed E-state index contributed by atoms with van der Waals surface area (Å²) in [6, 6.07) is -0.306. The summed E-state index contributed by atoms with van der Waals surface area (Å²) < 4.78 is 41.6. The lowest BCUT2D eigenvalue weighted by atomic mass is 9.95. The number of alkyl halides is 3. The Bertz CT molecular complexity index is 353. The Hall–Kier alpha value is -0.980. The van der Waals surface area contributed by atoms with Gasteiger partial charge in [-0.05, 0) is 46.0 Å². The monoisotopic (exact) mass is 310 g/mol. The Kier molecular flexibility index (Phi) is 5.90. The van der Waals surface area contributed by atoms with Crippen molar-refractivity contribution in [2.45, 2.75) is 64.3 Å². The van der Waals surface area contributed by atoms with Crippen molar-refractivity contribution in [3.8, 4) is 0 Å². The quantitative estimate of drug-likeness (QED) is 0.867. The standard InChI is InChI=1S/C14H25F3N2O2/c1-13(2,3)21-12(20)19-8-6-10(9-19)11(18)5-4-7-14(15,16)17/h10-11H,4-9,18H2,1-3H3. The molecule has 0 aromatic heterocycles. The van der Waals surface area contributed by atoms with E-state index in [1.54, 1.807) is 25.7 Å². The molecule has 4 nitrogen and oxygen atoms in total. The van der Waals surface area contributed by atoms with Crippen LogP contribution >= 0.6 is 0 Å². The third kappa shape index (κ3) is 7.02. The molecule has 2 atom stereocenters. The van der Waals surface area contributed by atoms with Crippen molar-refractivity contribution in [1.29, 1.82) is 0 Å². The zero-order valence-corrected chi connectivity index (χ0v) is 12.9. The van der Waals surface area contributed by atoms with Crippen LogP contribution in [0.25, 0.3) is 0 Å². The van der Waals surface area contributed by atoms with E-state index in [0.29, 0.717) is 25.9 Å². The van der Waals surface area contributed by atoms with Gasteiger partial charge in [0.25, 0.3) is 0 Å². The van der Waals surface area contributed by atoms with Gasteiger partial charge in [-0.25, -0.2) is 4.79 Å². The average Bonchev–Trinajstić information content (AvgIpc) is 2.73. The molecule has 0 spiro atoms. The number of likely N-dealkylation sites (tertiary alicyclic amines) is 1. The van der Waals surface area contributed by atoms with Gasteiger partial charge in [-0.2, -0.15) is 13.2 Å². The SMILES string of the molecule is CC(C)(C)OC(=O)N1CCC(C(N)CCCC(F)(F)F)C1. The Morgan fingerprint density at radius 2 is 2.00 bits per heavy atom. The predicted molar refractivity (Wildman–Crippen MR) is 73.8 cm³/mol. The minimum Gasteiger partial charge on any atom is -0.444 e. The van der Waals surface area contributed by atoms with Crippen LogP contribution in [0.3, 0.4) is 0 Å². The van der Waals surface area contributed by atoms with Crippen molar-refractivity contribution in [3.63, 3.8) is 0 Å². The van der Waals surface area contributed by atoms with E-state index in [-0.39, 0.29) is 24.5 Å². The van der Waals surface area contributed by atoms with Crippen LogP contribution in [0.15, 0.2) is 0 Å². The zero-order valence-electron chi connectivity index (χ0n) is 12.9. The molecule has 0 saturated carbocycles. The summed E-state index contributed by atoms with van der Waals surface area (Å²) in [5.41, 5.74) is 5.40. The summed E-state index contributed by atoms with van der Waals surface area (Å²) in [5.74, 6) is 0.0470. The molecule has 21 heavy (non-hydrogen) atoms. The fourth-order valence-corrected chi connectivity index (χ4v) is 2.40. The number of amides is 1. The molecule has 0 radical (unpaired) electrons. The van der Waals surface area contributed by atoms with Crippen LogP contribution in [0.5, 0.6) is 0 Å². The lowest BCUT2D eigenvalue weighted by molar-refractivity contribution is -0.135. The van der Waals surface area contributed by atoms with Crippen LogP contribution in [-0.2, 0) is 4.74 Å². The number of carbonyl (C=O) groups is 1. The molecule has 0 aliphatic carbocycles. The Labute approximate surface area is 123 Å². The number of ether oxygens (including phenoxy) is 1. The van der Waals surface area contributed by atoms with Crippen LogP contribution in [0.2, 0.25) is 0 Å². The first-order valence-corrected chi connectivity index (χ1v) is 7.28. The number of hydrogen-bond acceptors (Lipinski definition) is 3. The maximum atomic E-state index is 12.1. The van der Waals surface area contributed by atoms with Gasteiger partial charge in [0.15, 0.2) is 0 Å². The second kappa shape index (κ2) is 6.85. The van der Waals surface area contributed by atoms with Crippen LogP contribution in [0.1, 0.15) is 46.5 Å². The van der Waals surface area contributed by atoms with E-state index in [4.69, 9.17) is 10.5 Å². The molecule has 1 aliphatic heterocycles. The van der Waals surface area contributed by atoms with Crippen molar-refractivity contribution in [2.24, 2.45) is 11.7 Å². The van der Waals surface area contributed by atoms with Crippen molar-refractivity contribution in [1.82, 2.24) is 4.90 Å². The highest BCUT2D eigenvalue weighted by molar-refractivity contribution is 5.68. The maximum Gasteiger partial charge on any atom is 0.410 e. The molecule has 2 N–H and O–H groups in total. The normalized spacial score (nSPS) is 21.5. The summed E-state index contributed by atoms with van der Waals surface area (Å²) in [5, 5.41) is 0. The third-order valence-electron chi connectivity index (χ3n) is 3.48. The highest BCUT2D eigenvalue weighted by atomic mass is 19.4. The summed E-state index contributed by atoms with van der Waals surface area (Å²) in [6.07, 6.45) is -4.24. The number of halogens is 3. The Morgan fingerprint density at radius 1 is 1.38 bits per heavy atom. The molecule has 0 bridgehead atoms. The van der Waals surface area contributed by atoms with E-state index in [2.05, 4.69) is 0 Å². The van der Waals surface area contributed by atoms with E-state index < -0.39 is 18.2 Å². The second-order valence-electron chi connectivity index (χ2n) is 6.65. The molecule has 1 aliphatic rings. The molecular weight excluding hydrogens is 285 g/mol. The summed E-state index contributed by atoms with van der Waals surface area (Å²) >= 11 is 0. The largest absolute Gasteiger partial charge is 0.444 e. The minimum atomic E-state index is -4.13. The maximum absolute atomic E-state index is 12.1. The number of nitrogens with two attached hydrogens (primary N) is 1. The van der Waals surface area contributed by atoms with Gasteiger partial charge < -0.3 is 15.4 Å². The smallest absolute Gasteiger partial charge is 0.410 e. The molecule has 1 saturated heterocycles. The summed E-state index contributed by atoms with van der Waals surface area (Å²) in [4.78, 5) is 13.5. The molecule has 7 heteroatoms. The minimum absolute atomic E-state index is 0.0353. The second-order valence-corrected chi connectivity index (χ2v) is 6.65. The van der Waals surface area contributed by atoms with Crippen LogP contribution in [-0.4, -0.2) is 41.9 Å². The van der Waals surface area contributed by atoms with Gasteiger partial charge in [-0.3, -0.25) is 0 Å². The van der Waals surface area contributed by atoms with Gasteiger partial charge in [-0.15, -0.1) is 0 Å². The van der Waals surface area contributed by atoms with E-state index in [1.807, 2.05) is 0 Å². The Balaban J connectivity index is 2.35. The molecule has 1 amide bonds. The van der Waals surface area contributed by atoms with Gasteiger partial charge in [0.2, 0.25) is 0 Å². The number of rotatable bonds is 4. The molecule has 1 rings (SSSR count). The summed E-state index contributed by atoms with van der Waals surface area (Å²) in [7, 11) is 0.